The number of anilines is 1. The summed E-state index contributed by atoms with van der Waals surface area (Å²) in [5.41, 5.74) is 3.00. The van der Waals surface area contributed by atoms with Crippen LogP contribution in [0.25, 0.3) is 0 Å². The van der Waals surface area contributed by atoms with E-state index in [0.29, 0.717) is 6.42 Å². The largest absolute Gasteiger partial charge is 0.396 e. The number of nitrogens with zero attached hydrogens (tertiary/aromatic N) is 2. The van der Waals surface area contributed by atoms with Gasteiger partial charge in [0.05, 0.1) is 0 Å². The molecule has 0 radical (unpaired) electrons. The zero-order valence-electron chi connectivity index (χ0n) is 13.3. The molecule has 1 aliphatic heterocycles. The average molecular weight is 290 g/mol. The molecule has 0 spiro atoms. The Morgan fingerprint density at radius 2 is 2.14 bits per heavy atom. The fraction of sp³-hybridized carbons (Fsp3) is 0.588. The minimum atomic E-state index is 0.0987. The molecule has 1 aromatic rings. The Kier molecular flexibility index (Phi) is 5.23. The lowest BCUT2D eigenvalue weighted by Crippen LogP contribution is -2.44. The van der Waals surface area contributed by atoms with E-state index in [4.69, 9.17) is 0 Å². The fourth-order valence-electron chi connectivity index (χ4n) is 3.17. The van der Waals surface area contributed by atoms with Gasteiger partial charge in [-0.2, -0.15) is 0 Å². The van der Waals surface area contributed by atoms with Gasteiger partial charge in [-0.1, -0.05) is 0 Å². The summed E-state index contributed by atoms with van der Waals surface area (Å²) >= 11 is 0. The molecule has 0 aliphatic carbocycles. The van der Waals surface area contributed by atoms with Gasteiger partial charge in [-0.25, -0.2) is 0 Å². The normalized spacial score (nSPS) is 18.7. The number of amides is 1. The molecule has 1 heterocycles. The van der Waals surface area contributed by atoms with E-state index in [-0.39, 0.29) is 18.6 Å². The van der Waals surface area contributed by atoms with Gasteiger partial charge in [0.1, 0.15) is 0 Å². The summed E-state index contributed by atoms with van der Waals surface area (Å²) in [7, 11) is 4.01. The molecule has 1 saturated heterocycles. The zero-order chi connectivity index (χ0) is 15.4. The maximum atomic E-state index is 12.7. The van der Waals surface area contributed by atoms with E-state index in [1.165, 1.54) is 0 Å². The quantitative estimate of drug-likeness (QED) is 0.926. The van der Waals surface area contributed by atoms with Crippen LogP contribution in [0.4, 0.5) is 5.69 Å². The third kappa shape index (κ3) is 3.56. The average Bonchev–Trinajstić information content (AvgIpc) is 2.47. The van der Waals surface area contributed by atoms with Crippen molar-refractivity contribution >= 4 is 11.6 Å². The maximum Gasteiger partial charge on any atom is 0.254 e. The fourth-order valence-corrected chi connectivity index (χ4v) is 3.17. The van der Waals surface area contributed by atoms with Crippen molar-refractivity contribution in [1.82, 2.24) is 4.90 Å². The number of likely N-dealkylation sites (tertiary alicyclic amines) is 1. The van der Waals surface area contributed by atoms with Crippen LogP contribution in [0.5, 0.6) is 0 Å². The molecular weight excluding hydrogens is 264 g/mol. The second-order valence-corrected chi connectivity index (χ2v) is 6.06. The summed E-state index contributed by atoms with van der Waals surface area (Å²) < 4.78 is 0. The highest BCUT2D eigenvalue weighted by Gasteiger charge is 2.27. The van der Waals surface area contributed by atoms with Gasteiger partial charge in [-0.05, 0) is 56.4 Å². The van der Waals surface area contributed by atoms with Crippen LogP contribution in [-0.2, 0) is 0 Å². The van der Waals surface area contributed by atoms with Crippen molar-refractivity contribution < 1.29 is 9.90 Å². The molecule has 1 fully saturated rings. The molecule has 1 N–H and O–H groups in total. The third-order valence-electron chi connectivity index (χ3n) is 4.28. The van der Waals surface area contributed by atoms with Crippen LogP contribution < -0.4 is 4.90 Å². The maximum absolute atomic E-state index is 12.7. The van der Waals surface area contributed by atoms with E-state index >= 15 is 0 Å². The van der Waals surface area contributed by atoms with E-state index in [2.05, 4.69) is 4.90 Å². The number of rotatable bonds is 4. The van der Waals surface area contributed by atoms with Crippen LogP contribution in [0.2, 0.25) is 0 Å². The molecule has 1 amide bonds. The first-order valence-electron chi connectivity index (χ1n) is 7.74. The third-order valence-corrected chi connectivity index (χ3v) is 4.28. The lowest BCUT2D eigenvalue weighted by Gasteiger charge is -2.35. The summed E-state index contributed by atoms with van der Waals surface area (Å²) in [6, 6.07) is 6.08. The van der Waals surface area contributed by atoms with Crippen LogP contribution in [0.3, 0.4) is 0 Å². The number of benzene rings is 1. The van der Waals surface area contributed by atoms with E-state index < -0.39 is 0 Å². The van der Waals surface area contributed by atoms with Gasteiger partial charge < -0.3 is 14.9 Å². The molecule has 4 nitrogen and oxygen atoms in total. The van der Waals surface area contributed by atoms with E-state index in [1.54, 1.807) is 0 Å². The van der Waals surface area contributed by atoms with Crippen molar-refractivity contribution in [3.63, 3.8) is 0 Å². The summed E-state index contributed by atoms with van der Waals surface area (Å²) in [6.45, 7) is 2.98. The number of aliphatic hydroxyl groups is 1. The topological polar surface area (TPSA) is 43.8 Å². The van der Waals surface area contributed by atoms with Crippen molar-refractivity contribution in [3.05, 3.63) is 29.3 Å². The Morgan fingerprint density at radius 1 is 1.38 bits per heavy atom. The number of aliphatic hydroxyl groups excluding tert-OH is 1. The van der Waals surface area contributed by atoms with Gasteiger partial charge in [-0.15, -0.1) is 0 Å². The van der Waals surface area contributed by atoms with Crippen molar-refractivity contribution in [2.75, 3.05) is 32.1 Å². The van der Waals surface area contributed by atoms with Crippen LogP contribution in [-0.4, -0.2) is 49.2 Å². The van der Waals surface area contributed by atoms with Crippen LogP contribution in [0.15, 0.2) is 18.2 Å². The minimum Gasteiger partial charge on any atom is -0.396 e. The molecular formula is C17H26N2O2. The number of carbonyl (C=O) groups is 1. The number of hydrogen-bond acceptors (Lipinski definition) is 3. The molecule has 4 heteroatoms. The van der Waals surface area contributed by atoms with Gasteiger partial charge in [0, 0.05) is 44.5 Å². The second kappa shape index (κ2) is 6.94. The predicted molar refractivity (Wildman–Crippen MR) is 85.9 cm³/mol. The van der Waals surface area contributed by atoms with Crippen LogP contribution in [0.1, 0.15) is 41.6 Å². The van der Waals surface area contributed by atoms with Gasteiger partial charge in [0.25, 0.3) is 5.91 Å². The summed E-state index contributed by atoms with van der Waals surface area (Å²) in [4.78, 5) is 16.8. The van der Waals surface area contributed by atoms with Gasteiger partial charge in [-0.3, -0.25) is 4.79 Å². The molecule has 0 saturated carbocycles. The molecule has 0 aromatic heterocycles. The number of piperidine rings is 1. The van der Waals surface area contributed by atoms with Crippen molar-refractivity contribution in [2.45, 2.75) is 38.6 Å². The predicted octanol–water partition coefficient (Wildman–Crippen LogP) is 2.44. The summed E-state index contributed by atoms with van der Waals surface area (Å²) in [5.74, 6) is 0.0987. The molecule has 1 aliphatic rings. The molecule has 21 heavy (non-hydrogen) atoms. The van der Waals surface area contributed by atoms with E-state index in [1.807, 2.05) is 44.1 Å². The van der Waals surface area contributed by atoms with Gasteiger partial charge in [0.2, 0.25) is 0 Å². The van der Waals surface area contributed by atoms with E-state index in [9.17, 15) is 9.90 Å². The van der Waals surface area contributed by atoms with E-state index in [0.717, 1.165) is 42.6 Å². The van der Waals surface area contributed by atoms with Crippen molar-refractivity contribution in [3.8, 4) is 0 Å². The summed E-state index contributed by atoms with van der Waals surface area (Å²) in [6.07, 6.45) is 3.89. The monoisotopic (exact) mass is 290 g/mol. The SMILES string of the molecule is Cc1cc(C(=O)N2CCCCC2CCO)ccc1N(C)C. The second-order valence-electron chi connectivity index (χ2n) is 6.06. The van der Waals surface area contributed by atoms with Gasteiger partial charge in [0.15, 0.2) is 0 Å². The Bertz CT molecular complexity index is 498. The molecule has 0 bridgehead atoms. The molecule has 2 rings (SSSR count). The van der Waals surface area contributed by atoms with Crippen LogP contribution in [0, 0.1) is 6.92 Å². The lowest BCUT2D eigenvalue weighted by molar-refractivity contribution is 0.0574. The number of hydrogen-bond donors (Lipinski definition) is 1. The standard InChI is InChI=1S/C17H26N2O2/c1-13-12-14(7-8-16(13)18(2)3)17(21)19-10-5-4-6-15(19)9-11-20/h7-8,12,15,20H,4-6,9-11H2,1-3H3. The molecule has 1 unspecified atom stereocenters. The van der Waals surface area contributed by atoms with Crippen molar-refractivity contribution in [2.24, 2.45) is 0 Å². The Morgan fingerprint density at radius 3 is 2.76 bits per heavy atom. The Labute approximate surface area is 127 Å². The first kappa shape index (κ1) is 15.8. The number of carbonyl (C=O) groups excluding carboxylic acids is 1. The highest BCUT2D eigenvalue weighted by molar-refractivity contribution is 5.95. The van der Waals surface area contributed by atoms with Gasteiger partial charge >= 0.3 is 0 Å². The van der Waals surface area contributed by atoms with Crippen LogP contribution >= 0.6 is 0 Å². The molecule has 1 aromatic carbocycles. The zero-order valence-corrected chi connectivity index (χ0v) is 13.3. The Hall–Kier alpha value is -1.55. The van der Waals surface area contributed by atoms with Crippen molar-refractivity contribution in [1.29, 1.82) is 0 Å². The highest BCUT2D eigenvalue weighted by atomic mass is 16.3. The molecule has 1 atom stereocenters. The smallest absolute Gasteiger partial charge is 0.254 e. The first-order valence-corrected chi connectivity index (χ1v) is 7.74. The molecule has 116 valence electrons. The minimum absolute atomic E-state index is 0.0987. The first-order chi connectivity index (χ1) is 10.0. The Balaban J connectivity index is 2.20. The summed E-state index contributed by atoms with van der Waals surface area (Å²) in [5, 5.41) is 9.19. The lowest BCUT2D eigenvalue weighted by atomic mass is 9.98. The highest BCUT2D eigenvalue weighted by Crippen LogP contribution is 2.24. The number of aryl methyl sites for hydroxylation is 1.